The number of carbonyl (C=O) groups is 2. The Morgan fingerprint density at radius 3 is 2.64 bits per heavy atom. The zero-order valence-corrected chi connectivity index (χ0v) is 15.7. The normalized spacial score (nSPS) is 17.7. The van der Waals surface area contributed by atoms with E-state index in [1.54, 1.807) is 44.7 Å². The fourth-order valence-electron chi connectivity index (χ4n) is 3.53. The van der Waals surface area contributed by atoms with E-state index in [2.05, 4.69) is 4.99 Å². The topological polar surface area (TPSA) is 68.2 Å². The van der Waals surface area contributed by atoms with Gasteiger partial charge in [-0.05, 0) is 42.3 Å². The first kappa shape index (κ1) is 18.0. The molecule has 4 rings (SSSR count). The second-order valence-corrected chi connectivity index (χ2v) is 6.59. The van der Waals surface area contributed by atoms with E-state index >= 15 is 0 Å². The van der Waals surface area contributed by atoms with Gasteiger partial charge in [0.25, 0.3) is 0 Å². The zero-order chi connectivity index (χ0) is 19.7. The van der Waals surface area contributed by atoms with Gasteiger partial charge in [-0.2, -0.15) is 0 Å². The highest BCUT2D eigenvalue weighted by Gasteiger charge is 2.42. The number of hydrogen-bond donors (Lipinski definition) is 0. The number of anilines is 1. The Hall–Kier alpha value is -3.41. The fraction of sp³-hybridized carbons (Fsp3) is 0.227. The number of para-hydroxylation sites is 1. The van der Waals surface area contributed by atoms with Crippen molar-refractivity contribution in [3.05, 3.63) is 65.4 Å². The van der Waals surface area contributed by atoms with Crippen LogP contribution in [0.25, 0.3) is 0 Å². The molecule has 6 nitrogen and oxygen atoms in total. The molecule has 0 spiro atoms. The van der Waals surface area contributed by atoms with E-state index in [1.807, 2.05) is 24.3 Å². The Morgan fingerprint density at radius 2 is 1.86 bits per heavy atom. The third-order valence-corrected chi connectivity index (χ3v) is 4.95. The van der Waals surface area contributed by atoms with Gasteiger partial charge in [-0.25, -0.2) is 0 Å². The molecule has 28 heavy (non-hydrogen) atoms. The SMILES string of the molecule is COc1ccc(CCN=CC2C=C3C(=O)c4ccccc4N3C2=O)cc1OC. The van der Waals surface area contributed by atoms with E-state index in [-0.39, 0.29) is 11.7 Å². The standard InChI is InChI=1S/C22H20N2O4/c1-27-19-8-7-14(11-20(19)28-2)9-10-23-13-15-12-18-21(25)16-5-3-4-6-17(16)24(18)22(15)26/h3-8,11-13,15H,9-10H2,1-2H3. The van der Waals surface area contributed by atoms with Crippen LogP contribution in [-0.2, 0) is 11.2 Å². The number of benzene rings is 2. The lowest BCUT2D eigenvalue weighted by molar-refractivity contribution is -0.118. The predicted octanol–water partition coefficient (Wildman–Crippen LogP) is 3.06. The van der Waals surface area contributed by atoms with Crippen LogP contribution in [-0.4, -0.2) is 38.7 Å². The molecule has 1 unspecified atom stereocenters. The minimum atomic E-state index is -0.502. The Morgan fingerprint density at radius 1 is 1.07 bits per heavy atom. The number of hydrogen-bond acceptors (Lipinski definition) is 5. The lowest BCUT2D eigenvalue weighted by Gasteiger charge is -2.13. The largest absolute Gasteiger partial charge is 0.493 e. The number of ether oxygens (including phenoxy) is 2. The molecular formula is C22H20N2O4. The van der Waals surface area contributed by atoms with E-state index in [0.29, 0.717) is 41.4 Å². The summed E-state index contributed by atoms with van der Waals surface area (Å²) in [5.41, 5.74) is 2.73. The maximum Gasteiger partial charge on any atom is 0.244 e. The summed E-state index contributed by atoms with van der Waals surface area (Å²) in [4.78, 5) is 31.1. The molecule has 2 aliphatic rings. The van der Waals surface area contributed by atoms with Gasteiger partial charge < -0.3 is 9.47 Å². The molecule has 2 aromatic rings. The average molecular weight is 376 g/mol. The fourth-order valence-corrected chi connectivity index (χ4v) is 3.53. The molecule has 2 heterocycles. The first-order valence-electron chi connectivity index (χ1n) is 9.04. The highest BCUT2D eigenvalue weighted by atomic mass is 16.5. The first-order chi connectivity index (χ1) is 13.6. The summed E-state index contributed by atoms with van der Waals surface area (Å²) in [6.45, 7) is 0.535. The molecular weight excluding hydrogens is 356 g/mol. The third kappa shape index (κ3) is 2.97. The third-order valence-electron chi connectivity index (χ3n) is 4.95. The number of rotatable bonds is 6. The van der Waals surface area contributed by atoms with Crippen molar-refractivity contribution < 1.29 is 19.1 Å². The zero-order valence-electron chi connectivity index (χ0n) is 15.7. The van der Waals surface area contributed by atoms with E-state index in [1.165, 1.54) is 4.90 Å². The number of amides is 1. The molecule has 0 aliphatic carbocycles. The van der Waals surface area contributed by atoms with E-state index in [0.717, 1.165) is 5.56 Å². The van der Waals surface area contributed by atoms with Gasteiger partial charge in [0, 0.05) is 18.3 Å². The number of carbonyl (C=O) groups excluding carboxylic acids is 2. The second-order valence-electron chi connectivity index (χ2n) is 6.59. The maximum absolute atomic E-state index is 12.7. The van der Waals surface area contributed by atoms with Crippen molar-refractivity contribution in [1.82, 2.24) is 0 Å². The van der Waals surface area contributed by atoms with Gasteiger partial charge in [0.2, 0.25) is 11.7 Å². The Labute approximate surface area is 163 Å². The summed E-state index contributed by atoms with van der Waals surface area (Å²) in [5, 5.41) is 0. The lowest BCUT2D eigenvalue weighted by atomic mass is 10.1. The molecule has 142 valence electrons. The van der Waals surface area contributed by atoms with Crippen molar-refractivity contribution in [1.29, 1.82) is 0 Å². The van der Waals surface area contributed by atoms with Crippen LogP contribution in [0.5, 0.6) is 11.5 Å². The minimum absolute atomic E-state index is 0.106. The van der Waals surface area contributed by atoms with Gasteiger partial charge in [0.1, 0.15) is 0 Å². The quantitative estimate of drug-likeness (QED) is 0.727. The van der Waals surface area contributed by atoms with Crippen molar-refractivity contribution in [2.45, 2.75) is 6.42 Å². The van der Waals surface area contributed by atoms with Crippen LogP contribution in [0.2, 0.25) is 0 Å². The molecule has 0 N–H and O–H groups in total. The number of fused-ring (bicyclic) bond motifs is 3. The molecule has 0 radical (unpaired) electrons. The molecule has 0 aromatic heterocycles. The molecule has 0 bridgehead atoms. The first-order valence-corrected chi connectivity index (χ1v) is 9.04. The summed E-state index contributed by atoms with van der Waals surface area (Å²) >= 11 is 0. The van der Waals surface area contributed by atoms with Gasteiger partial charge in [0.15, 0.2) is 11.5 Å². The Bertz CT molecular complexity index is 1010. The van der Waals surface area contributed by atoms with Crippen LogP contribution in [0.1, 0.15) is 15.9 Å². The van der Waals surface area contributed by atoms with Gasteiger partial charge >= 0.3 is 0 Å². The number of methoxy groups -OCH3 is 2. The molecule has 2 aliphatic heterocycles. The number of allylic oxidation sites excluding steroid dienone is 1. The molecule has 1 amide bonds. The van der Waals surface area contributed by atoms with Crippen LogP contribution >= 0.6 is 0 Å². The van der Waals surface area contributed by atoms with Crippen LogP contribution < -0.4 is 14.4 Å². The highest BCUT2D eigenvalue weighted by molar-refractivity contribution is 6.29. The minimum Gasteiger partial charge on any atom is -0.493 e. The number of Topliss-reactive ketones (excluding diaryl/α,β-unsaturated/α-hetero) is 1. The molecule has 0 saturated carbocycles. The average Bonchev–Trinajstić information content (AvgIpc) is 3.20. The number of aliphatic imine (C=N–C) groups is 1. The summed E-state index contributed by atoms with van der Waals surface area (Å²) < 4.78 is 10.5. The van der Waals surface area contributed by atoms with Gasteiger partial charge in [-0.15, -0.1) is 0 Å². The predicted molar refractivity (Wildman–Crippen MR) is 106 cm³/mol. The molecule has 6 heteroatoms. The number of ketones is 1. The van der Waals surface area contributed by atoms with Crippen molar-refractivity contribution in [2.75, 3.05) is 25.7 Å². The van der Waals surface area contributed by atoms with Crippen LogP contribution in [0.4, 0.5) is 5.69 Å². The van der Waals surface area contributed by atoms with Crippen molar-refractivity contribution in [3.8, 4) is 11.5 Å². The molecule has 0 fully saturated rings. The second kappa shape index (κ2) is 7.31. The molecule has 1 atom stereocenters. The van der Waals surface area contributed by atoms with Crippen LogP contribution in [0.15, 0.2) is 59.2 Å². The van der Waals surface area contributed by atoms with Crippen molar-refractivity contribution >= 4 is 23.6 Å². The van der Waals surface area contributed by atoms with Crippen molar-refractivity contribution in [3.63, 3.8) is 0 Å². The van der Waals surface area contributed by atoms with Gasteiger partial charge in [-0.3, -0.25) is 19.5 Å². The van der Waals surface area contributed by atoms with E-state index in [9.17, 15) is 9.59 Å². The Kier molecular flexibility index (Phi) is 4.69. The van der Waals surface area contributed by atoms with Crippen LogP contribution in [0.3, 0.4) is 0 Å². The summed E-state index contributed by atoms with van der Waals surface area (Å²) in [6, 6.07) is 12.9. The van der Waals surface area contributed by atoms with Crippen molar-refractivity contribution in [2.24, 2.45) is 10.9 Å². The van der Waals surface area contributed by atoms with Crippen LogP contribution in [0, 0.1) is 5.92 Å². The van der Waals surface area contributed by atoms with E-state index in [4.69, 9.17) is 9.47 Å². The lowest BCUT2D eigenvalue weighted by Crippen LogP contribution is -2.27. The summed E-state index contributed by atoms with van der Waals surface area (Å²) in [5.74, 6) is 0.618. The van der Waals surface area contributed by atoms with Gasteiger partial charge in [0.05, 0.1) is 31.5 Å². The maximum atomic E-state index is 12.7. The Balaban J connectivity index is 1.42. The molecule has 0 saturated heterocycles. The highest BCUT2D eigenvalue weighted by Crippen LogP contribution is 2.39. The monoisotopic (exact) mass is 376 g/mol. The number of nitrogens with zero attached hydrogens (tertiary/aromatic N) is 2. The summed E-state index contributed by atoms with van der Waals surface area (Å²) in [7, 11) is 3.20. The molecule has 2 aromatic carbocycles. The van der Waals surface area contributed by atoms with Gasteiger partial charge in [-0.1, -0.05) is 18.2 Å². The van der Waals surface area contributed by atoms with E-state index < -0.39 is 5.92 Å². The smallest absolute Gasteiger partial charge is 0.244 e. The summed E-state index contributed by atoms with van der Waals surface area (Å²) in [6.07, 6.45) is 4.04.